The highest BCUT2D eigenvalue weighted by molar-refractivity contribution is 9.10. The molecule has 0 radical (unpaired) electrons. The number of hydrogen-bond acceptors (Lipinski definition) is 2. The molecule has 0 aromatic heterocycles. The van der Waals surface area contributed by atoms with Crippen LogP contribution in [0.2, 0.25) is 0 Å². The van der Waals surface area contributed by atoms with Crippen molar-refractivity contribution in [2.45, 2.75) is 37.8 Å². The highest BCUT2D eigenvalue weighted by atomic mass is 79.9. The van der Waals surface area contributed by atoms with Gasteiger partial charge >= 0.3 is 0 Å². The molecule has 1 fully saturated rings. The first-order chi connectivity index (χ1) is 10.7. The lowest BCUT2D eigenvalue weighted by Crippen LogP contribution is -2.50. The van der Waals surface area contributed by atoms with Gasteiger partial charge in [0, 0.05) is 17.4 Å². The Morgan fingerprint density at radius 1 is 1.00 bits per heavy atom. The molecule has 23 heavy (non-hydrogen) atoms. The molecule has 0 aliphatic heterocycles. The van der Waals surface area contributed by atoms with E-state index in [9.17, 15) is 4.79 Å². The van der Waals surface area contributed by atoms with E-state index in [0.717, 1.165) is 29.3 Å². The standard InChI is InChI=1S/C19H20BrNO.ClH/c20-17-11-9-16(10-12-17)19(13-5-4-8-18(19)22)21-14-15-6-2-1-3-7-15;/h1-3,6-7,9-12,21H,4-5,8,13-14H2;1H. The highest BCUT2D eigenvalue weighted by Gasteiger charge is 2.40. The van der Waals surface area contributed by atoms with Crippen LogP contribution in [0.4, 0.5) is 0 Å². The van der Waals surface area contributed by atoms with E-state index in [1.54, 1.807) is 0 Å². The van der Waals surface area contributed by atoms with E-state index in [2.05, 4.69) is 45.5 Å². The first-order valence-electron chi connectivity index (χ1n) is 7.79. The number of nitrogens with one attached hydrogen (secondary N) is 1. The Labute approximate surface area is 152 Å². The first kappa shape index (κ1) is 18.2. The molecule has 1 saturated carbocycles. The number of carbonyl (C=O) groups excluding carboxylic acids is 1. The summed E-state index contributed by atoms with van der Waals surface area (Å²) >= 11 is 3.47. The van der Waals surface area contributed by atoms with Gasteiger partial charge < -0.3 is 0 Å². The van der Waals surface area contributed by atoms with Crippen LogP contribution < -0.4 is 5.32 Å². The Morgan fingerprint density at radius 2 is 1.70 bits per heavy atom. The molecule has 1 aliphatic rings. The second-order valence-corrected chi connectivity index (χ2v) is 6.80. The molecule has 0 saturated heterocycles. The van der Waals surface area contributed by atoms with Crippen LogP contribution >= 0.6 is 28.3 Å². The van der Waals surface area contributed by atoms with Crippen molar-refractivity contribution in [1.82, 2.24) is 5.32 Å². The van der Waals surface area contributed by atoms with Crippen LogP contribution in [0.5, 0.6) is 0 Å². The van der Waals surface area contributed by atoms with Crippen LogP contribution in [-0.4, -0.2) is 5.78 Å². The van der Waals surface area contributed by atoms with Crippen LogP contribution in [0.25, 0.3) is 0 Å². The fourth-order valence-corrected chi connectivity index (χ4v) is 3.47. The average molecular weight is 395 g/mol. The monoisotopic (exact) mass is 393 g/mol. The molecule has 122 valence electrons. The van der Waals surface area contributed by atoms with Crippen LogP contribution in [-0.2, 0) is 16.9 Å². The Kier molecular flexibility index (Phi) is 6.40. The largest absolute Gasteiger partial charge is 0.297 e. The number of halogens is 2. The van der Waals surface area contributed by atoms with Crippen molar-refractivity contribution in [3.8, 4) is 0 Å². The lowest BCUT2D eigenvalue weighted by atomic mass is 9.75. The summed E-state index contributed by atoms with van der Waals surface area (Å²) in [6.07, 6.45) is 3.63. The predicted molar refractivity (Wildman–Crippen MR) is 99.8 cm³/mol. The minimum absolute atomic E-state index is 0. The van der Waals surface area contributed by atoms with Gasteiger partial charge in [-0.25, -0.2) is 0 Å². The van der Waals surface area contributed by atoms with E-state index in [0.29, 0.717) is 18.7 Å². The molecule has 0 amide bonds. The van der Waals surface area contributed by atoms with Crippen LogP contribution in [0, 0.1) is 0 Å². The van der Waals surface area contributed by atoms with E-state index in [1.165, 1.54) is 5.56 Å². The Bertz CT molecular complexity index is 644. The van der Waals surface area contributed by atoms with Gasteiger partial charge in [-0.3, -0.25) is 10.1 Å². The molecule has 3 rings (SSSR count). The van der Waals surface area contributed by atoms with Crippen molar-refractivity contribution in [3.05, 3.63) is 70.2 Å². The third-order valence-electron chi connectivity index (χ3n) is 4.46. The fourth-order valence-electron chi connectivity index (χ4n) is 3.21. The van der Waals surface area contributed by atoms with Crippen molar-refractivity contribution in [3.63, 3.8) is 0 Å². The molecule has 2 aromatic carbocycles. The van der Waals surface area contributed by atoms with Crippen molar-refractivity contribution < 1.29 is 4.79 Å². The normalized spacial score (nSPS) is 20.8. The van der Waals surface area contributed by atoms with Crippen molar-refractivity contribution in [1.29, 1.82) is 0 Å². The Hall–Kier alpha value is -1.16. The zero-order chi connectivity index (χ0) is 15.4. The van der Waals surface area contributed by atoms with Gasteiger partial charge in [-0.1, -0.05) is 64.8 Å². The minimum atomic E-state index is -0.533. The molecule has 1 unspecified atom stereocenters. The molecule has 2 nitrogen and oxygen atoms in total. The molecule has 0 spiro atoms. The van der Waals surface area contributed by atoms with Crippen molar-refractivity contribution >= 4 is 34.1 Å². The molecule has 1 atom stereocenters. The summed E-state index contributed by atoms with van der Waals surface area (Å²) in [7, 11) is 0. The topological polar surface area (TPSA) is 29.1 Å². The van der Waals surface area contributed by atoms with E-state index in [1.807, 2.05) is 30.3 Å². The lowest BCUT2D eigenvalue weighted by molar-refractivity contribution is -0.128. The number of Topliss-reactive ketones (excluding diaryl/α,β-unsaturated/α-hetero) is 1. The van der Waals surface area contributed by atoms with Crippen LogP contribution in [0.3, 0.4) is 0 Å². The summed E-state index contributed by atoms with van der Waals surface area (Å²) in [5, 5.41) is 3.57. The quantitative estimate of drug-likeness (QED) is 0.790. The van der Waals surface area contributed by atoms with Gasteiger partial charge in [0.15, 0.2) is 5.78 Å². The van der Waals surface area contributed by atoms with Gasteiger partial charge in [-0.05, 0) is 36.1 Å². The van der Waals surface area contributed by atoms with Crippen molar-refractivity contribution in [2.75, 3.05) is 0 Å². The molecule has 0 bridgehead atoms. The maximum atomic E-state index is 12.7. The van der Waals surface area contributed by atoms with Gasteiger partial charge in [-0.2, -0.15) is 0 Å². The lowest BCUT2D eigenvalue weighted by Gasteiger charge is -2.37. The van der Waals surface area contributed by atoms with E-state index >= 15 is 0 Å². The van der Waals surface area contributed by atoms with E-state index < -0.39 is 5.54 Å². The summed E-state index contributed by atoms with van der Waals surface area (Å²) in [6.45, 7) is 0.711. The van der Waals surface area contributed by atoms with Gasteiger partial charge in [-0.15, -0.1) is 12.4 Å². The highest BCUT2D eigenvalue weighted by Crippen LogP contribution is 2.35. The summed E-state index contributed by atoms with van der Waals surface area (Å²) in [4.78, 5) is 12.7. The summed E-state index contributed by atoms with van der Waals surface area (Å²) in [6, 6.07) is 18.4. The molecule has 4 heteroatoms. The second-order valence-electron chi connectivity index (χ2n) is 5.88. The SMILES string of the molecule is Cl.O=C1CCCCC1(NCc1ccccc1)c1ccc(Br)cc1. The van der Waals surface area contributed by atoms with Crippen LogP contribution in [0.1, 0.15) is 36.8 Å². The zero-order valence-corrected chi connectivity index (χ0v) is 15.3. The van der Waals surface area contributed by atoms with E-state index in [4.69, 9.17) is 0 Å². The van der Waals surface area contributed by atoms with Crippen molar-refractivity contribution in [2.24, 2.45) is 0 Å². The molecular weight excluding hydrogens is 374 g/mol. The minimum Gasteiger partial charge on any atom is -0.297 e. The molecule has 1 N–H and O–H groups in total. The average Bonchev–Trinajstić information content (AvgIpc) is 2.56. The Morgan fingerprint density at radius 3 is 2.35 bits per heavy atom. The maximum Gasteiger partial charge on any atom is 0.157 e. The smallest absolute Gasteiger partial charge is 0.157 e. The molecule has 1 aliphatic carbocycles. The van der Waals surface area contributed by atoms with Gasteiger partial charge in [0.25, 0.3) is 0 Å². The van der Waals surface area contributed by atoms with E-state index in [-0.39, 0.29) is 12.4 Å². The number of benzene rings is 2. The summed E-state index contributed by atoms with van der Waals surface area (Å²) < 4.78 is 1.04. The molecule has 2 aromatic rings. The number of rotatable bonds is 4. The zero-order valence-electron chi connectivity index (χ0n) is 12.9. The third-order valence-corrected chi connectivity index (χ3v) is 4.98. The molecular formula is C19H21BrClNO. The summed E-state index contributed by atoms with van der Waals surface area (Å²) in [5.41, 5.74) is 1.75. The van der Waals surface area contributed by atoms with Gasteiger partial charge in [0.05, 0.1) is 0 Å². The number of carbonyl (C=O) groups is 1. The van der Waals surface area contributed by atoms with Crippen LogP contribution in [0.15, 0.2) is 59.1 Å². The van der Waals surface area contributed by atoms with Gasteiger partial charge in [0.2, 0.25) is 0 Å². The van der Waals surface area contributed by atoms with Gasteiger partial charge in [0.1, 0.15) is 5.54 Å². The predicted octanol–water partition coefficient (Wildman–Crippen LogP) is 5.00. The Balaban J connectivity index is 0.00000192. The second kappa shape index (κ2) is 8.09. The summed E-state index contributed by atoms with van der Waals surface area (Å²) in [5.74, 6) is 0.317. The third kappa shape index (κ3) is 4.03. The number of ketones is 1. The fraction of sp³-hybridized carbons (Fsp3) is 0.316. The maximum absolute atomic E-state index is 12.7. The first-order valence-corrected chi connectivity index (χ1v) is 8.58. The molecule has 0 heterocycles. The number of hydrogen-bond donors (Lipinski definition) is 1.